The third kappa shape index (κ3) is 1.79. The SMILES string of the molecule is Cn1cc(-c2cn[nH]c2)c(C(C)(C)C)n1. The highest BCUT2D eigenvalue weighted by atomic mass is 15.3. The number of nitrogens with one attached hydrogen (secondary N) is 1. The van der Waals surface area contributed by atoms with Crippen molar-refractivity contribution in [1.82, 2.24) is 20.0 Å². The van der Waals surface area contributed by atoms with Gasteiger partial charge in [-0.1, -0.05) is 20.8 Å². The van der Waals surface area contributed by atoms with E-state index in [0.29, 0.717) is 0 Å². The maximum Gasteiger partial charge on any atom is 0.0757 e. The molecular formula is C11H16N4. The van der Waals surface area contributed by atoms with Crippen molar-refractivity contribution in [2.45, 2.75) is 26.2 Å². The fourth-order valence-electron chi connectivity index (χ4n) is 1.65. The summed E-state index contributed by atoms with van der Waals surface area (Å²) in [5, 5.41) is 11.3. The van der Waals surface area contributed by atoms with Crippen LogP contribution in [0.15, 0.2) is 18.6 Å². The first-order valence-electron chi connectivity index (χ1n) is 5.02. The van der Waals surface area contributed by atoms with Crippen molar-refractivity contribution in [3.63, 3.8) is 0 Å². The van der Waals surface area contributed by atoms with Gasteiger partial charge >= 0.3 is 0 Å². The highest BCUT2D eigenvalue weighted by Gasteiger charge is 2.22. The number of rotatable bonds is 1. The lowest BCUT2D eigenvalue weighted by Gasteiger charge is -2.16. The molecule has 15 heavy (non-hydrogen) atoms. The van der Waals surface area contributed by atoms with Crippen LogP contribution >= 0.6 is 0 Å². The van der Waals surface area contributed by atoms with Crippen molar-refractivity contribution in [3.05, 3.63) is 24.3 Å². The average Bonchev–Trinajstić information content (AvgIpc) is 2.68. The average molecular weight is 204 g/mol. The van der Waals surface area contributed by atoms with Gasteiger partial charge in [0, 0.05) is 36.0 Å². The molecule has 0 aliphatic heterocycles. The lowest BCUT2D eigenvalue weighted by Crippen LogP contribution is -2.13. The van der Waals surface area contributed by atoms with Crippen molar-refractivity contribution in [2.24, 2.45) is 7.05 Å². The Labute approximate surface area is 89.3 Å². The minimum atomic E-state index is 0.0495. The van der Waals surface area contributed by atoms with E-state index in [4.69, 9.17) is 0 Å². The Bertz CT molecular complexity index is 445. The second-order valence-corrected chi connectivity index (χ2v) is 4.80. The van der Waals surface area contributed by atoms with Gasteiger partial charge in [0.2, 0.25) is 0 Å². The van der Waals surface area contributed by atoms with Crippen LogP contribution in [-0.2, 0) is 12.5 Å². The Morgan fingerprint density at radius 1 is 1.33 bits per heavy atom. The van der Waals surface area contributed by atoms with Gasteiger partial charge in [0.05, 0.1) is 11.9 Å². The zero-order valence-corrected chi connectivity index (χ0v) is 9.57. The van der Waals surface area contributed by atoms with Crippen LogP contribution in [0.5, 0.6) is 0 Å². The van der Waals surface area contributed by atoms with Gasteiger partial charge in [0.25, 0.3) is 0 Å². The van der Waals surface area contributed by atoms with Crippen LogP contribution in [-0.4, -0.2) is 20.0 Å². The first-order valence-corrected chi connectivity index (χ1v) is 5.02. The fourth-order valence-corrected chi connectivity index (χ4v) is 1.65. The van der Waals surface area contributed by atoms with Crippen molar-refractivity contribution in [2.75, 3.05) is 0 Å². The van der Waals surface area contributed by atoms with Gasteiger partial charge in [0.1, 0.15) is 0 Å². The number of hydrogen-bond acceptors (Lipinski definition) is 2. The number of aromatic amines is 1. The second kappa shape index (κ2) is 3.22. The van der Waals surface area contributed by atoms with E-state index in [-0.39, 0.29) is 5.41 Å². The molecule has 0 saturated carbocycles. The summed E-state index contributed by atoms with van der Waals surface area (Å²) in [7, 11) is 1.94. The lowest BCUT2D eigenvalue weighted by molar-refractivity contribution is 0.554. The predicted octanol–water partition coefficient (Wildman–Crippen LogP) is 2.11. The number of H-pyrrole nitrogens is 1. The molecule has 4 heteroatoms. The third-order valence-corrected chi connectivity index (χ3v) is 2.35. The molecule has 0 bridgehead atoms. The van der Waals surface area contributed by atoms with Crippen LogP contribution in [0.25, 0.3) is 11.1 Å². The molecule has 4 nitrogen and oxygen atoms in total. The zero-order chi connectivity index (χ0) is 11.1. The molecule has 1 N–H and O–H groups in total. The van der Waals surface area contributed by atoms with Crippen LogP contribution in [0.4, 0.5) is 0 Å². The number of hydrogen-bond donors (Lipinski definition) is 1. The summed E-state index contributed by atoms with van der Waals surface area (Å²) in [4.78, 5) is 0. The standard InChI is InChI=1S/C11H16N4/c1-11(2,3)10-9(7-15(4)14-10)8-5-12-13-6-8/h5-7H,1-4H3,(H,12,13). The summed E-state index contributed by atoms with van der Waals surface area (Å²) in [5.41, 5.74) is 3.40. The third-order valence-electron chi connectivity index (χ3n) is 2.35. The molecule has 0 radical (unpaired) electrons. The first kappa shape index (κ1) is 9.96. The molecule has 0 saturated heterocycles. The minimum absolute atomic E-state index is 0.0495. The van der Waals surface area contributed by atoms with Crippen molar-refractivity contribution in [3.8, 4) is 11.1 Å². The van der Waals surface area contributed by atoms with Crippen molar-refractivity contribution in [1.29, 1.82) is 0 Å². The van der Waals surface area contributed by atoms with E-state index in [0.717, 1.165) is 16.8 Å². The highest BCUT2D eigenvalue weighted by molar-refractivity contribution is 5.64. The van der Waals surface area contributed by atoms with Gasteiger partial charge in [-0.15, -0.1) is 0 Å². The summed E-state index contributed by atoms with van der Waals surface area (Å²) < 4.78 is 1.85. The molecular weight excluding hydrogens is 188 g/mol. The molecule has 0 fully saturated rings. The Kier molecular flexibility index (Phi) is 2.14. The van der Waals surface area contributed by atoms with Gasteiger partial charge in [-0.05, 0) is 0 Å². The molecule has 0 spiro atoms. The smallest absolute Gasteiger partial charge is 0.0757 e. The Balaban J connectivity index is 2.57. The van der Waals surface area contributed by atoms with E-state index >= 15 is 0 Å². The molecule has 0 aromatic carbocycles. The van der Waals surface area contributed by atoms with Gasteiger partial charge in [-0.2, -0.15) is 10.2 Å². The molecule has 2 rings (SSSR count). The lowest BCUT2D eigenvalue weighted by atomic mass is 9.88. The fraction of sp³-hybridized carbons (Fsp3) is 0.455. The van der Waals surface area contributed by atoms with Gasteiger partial charge in [0.15, 0.2) is 0 Å². The summed E-state index contributed by atoms with van der Waals surface area (Å²) in [6.45, 7) is 6.50. The van der Waals surface area contributed by atoms with Crippen LogP contribution < -0.4 is 0 Å². The second-order valence-electron chi connectivity index (χ2n) is 4.80. The van der Waals surface area contributed by atoms with Gasteiger partial charge in [-0.25, -0.2) is 0 Å². The van der Waals surface area contributed by atoms with Crippen molar-refractivity contribution >= 4 is 0 Å². The predicted molar refractivity (Wildman–Crippen MR) is 59.5 cm³/mol. The van der Waals surface area contributed by atoms with Gasteiger partial charge < -0.3 is 0 Å². The Hall–Kier alpha value is -1.58. The van der Waals surface area contributed by atoms with Gasteiger partial charge in [-0.3, -0.25) is 9.78 Å². The normalized spacial score (nSPS) is 12.0. The van der Waals surface area contributed by atoms with Crippen molar-refractivity contribution < 1.29 is 0 Å². The topological polar surface area (TPSA) is 46.5 Å². The Morgan fingerprint density at radius 2 is 2.07 bits per heavy atom. The van der Waals surface area contributed by atoms with Crippen LogP contribution in [0.2, 0.25) is 0 Å². The first-order chi connectivity index (χ1) is 6.98. The number of aromatic nitrogens is 4. The van der Waals surface area contributed by atoms with E-state index in [1.807, 2.05) is 30.3 Å². The molecule has 0 unspecified atom stereocenters. The Morgan fingerprint density at radius 3 is 2.60 bits per heavy atom. The number of nitrogens with zero attached hydrogens (tertiary/aromatic N) is 3. The molecule has 0 atom stereocenters. The van der Waals surface area contributed by atoms with E-state index in [9.17, 15) is 0 Å². The van der Waals surface area contributed by atoms with E-state index in [2.05, 4.69) is 36.1 Å². The number of aryl methyl sites for hydroxylation is 1. The van der Waals surface area contributed by atoms with Crippen LogP contribution in [0.3, 0.4) is 0 Å². The molecule has 2 aromatic heterocycles. The van der Waals surface area contributed by atoms with E-state index in [1.165, 1.54) is 0 Å². The molecule has 0 aliphatic rings. The zero-order valence-electron chi connectivity index (χ0n) is 9.57. The summed E-state index contributed by atoms with van der Waals surface area (Å²) in [5.74, 6) is 0. The maximum atomic E-state index is 4.51. The quantitative estimate of drug-likeness (QED) is 0.773. The van der Waals surface area contributed by atoms with Crippen LogP contribution in [0, 0.1) is 0 Å². The molecule has 2 heterocycles. The maximum absolute atomic E-state index is 4.51. The summed E-state index contributed by atoms with van der Waals surface area (Å²) in [6, 6.07) is 0. The van der Waals surface area contributed by atoms with Crippen LogP contribution in [0.1, 0.15) is 26.5 Å². The molecule has 0 aliphatic carbocycles. The summed E-state index contributed by atoms with van der Waals surface area (Å²) in [6.07, 6.45) is 5.75. The molecule has 80 valence electrons. The largest absolute Gasteiger partial charge is 0.285 e. The highest BCUT2D eigenvalue weighted by Crippen LogP contribution is 2.30. The summed E-state index contributed by atoms with van der Waals surface area (Å²) >= 11 is 0. The van der Waals surface area contributed by atoms with E-state index in [1.54, 1.807) is 0 Å². The van der Waals surface area contributed by atoms with E-state index < -0.39 is 0 Å². The minimum Gasteiger partial charge on any atom is -0.285 e. The molecule has 2 aromatic rings. The molecule has 0 amide bonds. The monoisotopic (exact) mass is 204 g/mol.